The van der Waals surface area contributed by atoms with Crippen LogP contribution in [0.1, 0.15) is 37.5 Å². The number of carbonyl (C=O) groups is 2. The molecule has 130 valence electrons. The van der Waals surface area contributed by atoms with Crippen LogP contribution in [0, 0.1) is 13.8 Å². The summed E-state index contributed by atoms with van der Waals surface area (Å²) >= 11 is 0. The highest BCUT2D eigenvalue weighted by molar-refractivity contribution is 6.13. The van der Waals surface area contributed by atoms with Gasteiger partial charge < -0.3 is 10.2 Å². The quantitative estimate of drug-likeness (QED) is 0.770. The van der Waals surface area contributed by atoms with E-state index in [0.29, 0.717) is 23.4 Å². The average Bonchev–Trinajstić information content (AvgIpc) is 2.89. The molecule has 0 saturated carbocycles. The van der Waals surface area contributed by atoms with Gasteiger partial charge in [0.2, 0.25) is 0 Å². The number of benzene rings is 2. The number of anilines is 1. The summed E-state index contributed by atoms with van der Waals surface area (Å²) in [5.41, 5.74) is 5.49. The van der Waals surface area contributed by atoms with Crippen molar-refractivity contribution in [1.82, 2.24) is 9.88 Å². The maximum atomic E-state index is 12.9. The van der Waals surface area contributed by atoms with Gasteiger partial charge in [-0.3, -0.25) is 14.6 Å². The molecule has 0 bridgehead atoms. The summed E-state index contributed by atoms with van der Waals surface area (Å²) in [5, 5.41) is 3.75. The lowest BCUT2D eigenvalue weighted by atomic mass is 10.0. The maximum absolute atomic E-state index is 12.9. The molecule has 1 aromatic heterocycles. The molecule has 1 N–H and O–H groups in total. The maximum Gasteiger partial charge on any atom is 0.256 e. The number of carbonyl (C=O) groups excluding carboxylic acids is 2. The van der Waals surface area contributed by atoms with Gasteiger partial charge in [-0.2, -0.15) is 0 Å². The fourth-order valence-corrected chi connectivity index (χ4v) is 3.38. The fraction of sp³-hybridized carbons (Fsp3) is 0.190. The molecular formula is C21H19N3O2. The molecule has 0 spiro atoms. The summed E-state index contributed by atoms with van der Waals surface area (Å²) in [4.78, 5) is 31.2. The molecule has 4 rings (SSSR count). The molecule has 5 heteroatoms. The molecule has 1 aliphatic rings. The first-order valence-corrected chi connectivity index (χ1v) is 8.50. The fourth-order valence-electron chi connectivity index (χ4n) is 3.38. The molecule has 2 aromatic carbocycles. The summed E-state index contributed by atoms with van der Waals surface area (Å²) in [7, 11) is 1.77. The number of hydrogen-bond acceptors (Lipinski definition) is 3. The van der Waals surface area contributed by atoms with Crippen LogP contribution in [0.3, 0.4) is 0 Å². The Morgan fingerprint density at radius 1 is 1.12 bits per heavy atom. The number of aromatic nitrogens is 1. The van der Waals surface area contributed by atoms with Crippen molar-refractivity contribution in [3.05, 3.63) is 70.4 Å². The van der Waals surface area contributed by atoms with Crippen LogP contribution in [0.4, 0.5) is 5.69 Å². The lowest BCUT2D eigenvalue weighted by molar-refractivity contribution is 0.0816. The summed E-state index contributed by atoms with van der Waals surface area (Å²) < 4.78 is 0. The van der Waals surface area contributed by atoms with Gasteiger partial charge in [-0.1, -0.05) is 17.7 Å². The van der Waals surface area contributed by atoms with Crippen LogP contribution in [0.2, 0.25) is 0 Å². The first-order chi connectivity index (χ1) is 12.4. The van der Waals surface area contributed by atoms with Gasteiger partial charge in [0.15, 0.2) is 0 Å². The molecule has 3 aromatic rings. The number of fused-ring (bicyclic) bond motifs is 2. The van der Waals surface area contributed by atoms with E-state index in [4.69, 9.17) is 0 Å². The van der Waals surface area contributed by atoms with Gasteiger partial charge in [0, 0.05) is 35.9 Å². The Bertz CT molecular complexity index is 1070. The number of pyridine rings is 1. The van der Waals surface area contributed by atoms with Crippen molar-refractivity contribution in [3.8, 4) is 0 Å². The standard InChI is InChI=1S/C21H19N3O2/c1-12-4-7-19-17(8-12)18(9-13(2)22-19)20(25)23-15-6-5-14-11-24(3)21(26)16(14)10-15/h4-10H,11H2,1-3H3,(H,23,25). The van der Waals surface area contributed by atoms with Gasteiger partial charge in [-0.15, -0.1) is 0 Å². The Hall–Kier alpha value is -3.21. The SMILES string of the molecule is Cc1ccc2nc(C)cc(C(=O)Nc3ccc4c(c3)C(=O)N(C)C4)c2c1. The van der Waals surface area contributed by atoms with Crippen molar-refractivity contribution >= 4 is 28.4 Å². The normalized spacial score (nSPS) is 13.2. The van der Waals surface area contributed by atoms with Crippen LogP contribution < -0.4 is 5.32 Å². The largest absolute Gasteiger partial charge is 0.337 e. The third kappa shape index (κ3) is 2.71. The average molecular weight is 345 g/mol. The molecule has 0 fully saturated rings. The van der Waals surface area contributed by atoms with Crippen LogP contribution in [-0.2, 0) is 6.54 Å². The highest BCUT2D eigenvalue weighted by atomic mass is 16.2. The first-order valence-electron chi connectivity index (χ1n) is 8.50. The zero-order chi connectivity index (χ0) is 18.4. The first kappa shape index (κ1) is 16.3. The van der Waals surface area contributed by atoms with Gasteiger partial charge in [-0.25, -0.2) is 0 Å². The van der Waals surface area contributed by atoms with Crippen molar-refractivity contribution in [1.29, 1.82) is 0 Å². The summed E-state index contributed by atoms with van der Waals surface area (Å²) in [6, 6.07) is 13.2. The van der Waals surface area contributed by atoms with E-state index in [-0.39, 0.29) is 11.8 Å². The zero-order valence-corrected chi connectivity index (χ0v) is 15.0. The molecule has 26 heavy (non-hydrogen) atoms. The van der Waals surface area contributed by atoms with Crippen LogP contribution >= 0.6 is 0 Å². The Morgan fingerprint density at radius 2 is 1.92 bits per heavy atom. The minimum atomic E-state index is -0.204. The van der Waals surface area contributed by atoms with E-state index in [1.807, 2.05) is 44.2 Å². The van der Waals surface area contributed by atoms with Crippen LogP contribution in [0.15, 0.2) is 42.5 Å². The van der Waals surface area contributed by atoms with E-state index in [2.05, 4.69) is 10.3 Å². The Kier molecular flexibility index (Phi) is 3.72. The Morgan fingerprint density at radius 3 is 2.73 bits per heavy atom. The van der Waals surface area contributed by atoms with Crippen LogP contribution in [0.25, 0.3) is 10.9 Å². The van der Waals surface area contributed by atoms with E-state index in [1.165, 1.54) is 0 Å². The van der Waals surface area contributed by atoms with Gasteiger partial charge in [-0.05, 0) is 49.7 Å². The molecule has 0 saturated heterocycles. The Balaban J connectivity index is 1.71. The summed E-state index contributed by atoms with van der Waals surface area (Å²) in [6.45, 7) is 4.47. The molecule has 0 radical (unpaired) electrons. The second-order valence-corrected chi connectivity index (χ2v) is 6.82. The molecule has 2 amide bonds. The molecular weight excluding hydrogens is 326 g/mol. The monoisotopic (exact) mass is 345 g/mol. The molecule has 0 aliphatic carbocycles. The van der Waals surface area contributed by atoms with Crippen LogP contribution in [0.5, 0.6) is 0 Å². The second-order valence-electron chi connectivity index (χ2n) is 6.82. The van der Waals surface area contributed by atoms with E-state index in [0.717, 1.165) is 27.7 Å². The minimum absolute atomic E-state index is 0.0167. The number of amides is 2. The van der Waals surface area contributed by atoms with E-state index in [9.17, 15) is 9.59 Å². The third-order valence-corrected chi connectivity index (χ3v) is 4.69. The van der Waals surface area contributed by atoms with Crippen molar-refractivity contribution in [2.75, 3.05) is 12.4 Å². The van der Waals surface area contributed by atoms with Crippen LogP contribution in [-0.4, -0.2) is 28.7 Å². The van der Waals surface area contributed by atoms with E-state index < -0.39 is 0 Å². The van der Waals surface area contributed by atoms with E-state index in [1.54, 1.807) is 24.1 Å². The predicted octanol–water partition coefficient (Wildman–Crippen LogP) is 3.69. The number of nitrogens with zero attached hydrogens (tertiary/aromatic N) is 2. The minimum Gasteiger partial charge on any atom is -0.337 e. The van der Waals surface area contributed by atoms with Gasteiger partial charge in [0.25, 0.3) is 11.8 Å². The molecule has 0 unspecified atom stereocenters. The van der Waals surface area contributed by atoms with Gasteiger partial charge in [0.1, 0.15) is 0 Å². The third-order valence-electron chi connectivity index (χ3n) is 4.69. The Labute approximate surface area is 151 Å². The lowest BCUT2D eigenvalue weighted by Gasteiger charge is -2.10. The highest BCUT2D eigenvalue weighted by Crippen LogP contribution is 2.26. The number of aryl methyl sites for hydroxylation is 2. The topological polar surface area (TPSA) is 62.3 Å². The molecule has 1 aliphatic heterocycles. The van der Waals surface area contributed by atoms with Crippen molar-refractivity contribution in [2.24, 2.45) is 0 Å². The second kappa shape index (κ2) is 5.95. The van der Waals surface area contributed by atoms with Crippen molar-refractivity contribution in [3.63, 3.8) is 0 Å². The van der Waals surface area contributed by atoms with Gasteiger partial charge >= 0.3 is 0 Å². The van der Waals surface area contributed by atoms with Gasteiger partial charge in [0.05, 0.1) is 11.1 Å². The molecule has 0 atom stereocenters. The smallest absolute Gasteiger partial charge is 0.256 e. The number of hydrogen-bond donors (Lipinski definition) is 1. The number of rotatable bonds is 2. The highest BCUT2D eigenvalue weighted by Gasteiger charge is 2.24. The molecule has 5 nitrogen and oxygen atoms in total. The van der Waals surface area contributed by atoms with Crippen molar-refractivity contribution < 1.29 is 9.59 Å². The summed E-state index contributed by atoms with van der Waals surface area (Å²) in [6.07, 6.45) is 0. The lowest BCUT2D eigenvalue weighted by Crippen LogP contribution is -2.17. The zero-order valence-electron chi connectivity index (χ0n) is 15.0. The summed E-state index contributed by atoms with van der Waals surface area (Å²) in [5.74, 6) is -0.221. The predicted molar refractivity (Wildman–Crippen MR) is 101 cm³/mol. The van der Waals surface area contributed by atoms with Crippen molar-refractivity contribution in [2.45, 2.75) is 20.4 Å². The van der Waals surface area contributed by atoms with E-state index >= 15 is 0 Å². The molecule has 2 heterocycles. The number of nitrogens with one attached hydrogen (secondary N) is 1.